The first kappa shape index (κ1) is 18.5. The fourth-order valence-corrected chi connectivity index (χ4v) is 2.39. The van der Waals surface area contributed by atoms with E-state index in [1.165, 1.54) is 12.1 Å². The summed E-state index contributed by atoms with van der Waals surface area (Å²) >= 11 is 5.97. The molecule has 7 nitrogen and oxygen atoms in total. The van der Waals surface area contributed by atoms with Gasteiger partial charge in [-0.15, -0.1) is 0 Å². The van der Waals surface area contributed by atoms with Gasteiger partial charge < -0.3 is 14.8 Å². The number of anilines is 1. The maximum atomic E-state index is 12.4. The van der Waals surface area contributed by atoms with Crippen LogP contribution in [0, 0.1) is 10.1 Å². The van der Waals surface area contributed by atoms with Gasteiger partial charge in [0, 0.05) is 23.9 Å². The lowest BCUT2D eigenvalue weighted by atomic mass is 10.2. The molecule has 2 aromatic carbocycles. The minimum atomic E-state index is -0.575. The topological polar surface area (TPSA) is 90.7 Å². The first-order chi connectivity index (χ1) is 12.0. The molecule has 0 saturated heterocycles. The summed E-state index contributed by atoms with van der Waals surface area (Å²) in [5.41, 5.74) is 0.451. The van der Waals surface area contributed by atoms with Gasteiger partial charge in [-0.25, -0.2) is 0 Å². The lowest BCUT2D eigenvalue weighted by molar-refractivity contribution is -0.384. The van der Waals surface area contributed by atoms with E-state index in [-0.39, 0.29) is 16.3 Å². The van der Waals surface area contributed by atoms with Crippen LogP contribution >= 0.6 is 11.6 Å². The maximum absolute atomic E-state index is 12.4. The van der Waals surface area contributed by atoms with Crippen LogP contribution in [0.1, 0.15) is 24.2 Å². The van der Waals surface area contributed by atoms with Crippen LogP contribution in [0.2, 0.25) is 5.02 Å². The number of ether oxygens (including phenoxy) is 2. The predicted molar refractivity (Wildman–Crippen MR) is 94.8 cm³/mol. The van der Waals surface area contributed by atoms with E-state index in [2.05, 4.69) is 5.32 Å². The summed E-state index contributed by atoms with van der Waals surface area (Å²) in [4.78, 5) is 22.5. The second-order valence-corrected chi connectivity index (χ2v) is 5.31. The fourth-order valence-electron chi connectivity index (χ4n) is 2.13. The number of hydrogen-bond donors (Lipinski definition) is 1. The van der Waals surface area contributed by atoms with Crippen molar-refractivity contribution in [2.24, 2.45) is 0 Å². The highest BCUT2D eigenvalue weighted by molar-refractivity contribution is 6.34. The summed E-state index contributed by atoms with van der Waals surface area (Å²) < 4.78 is 11.0. The number of non-ortho nitro benzene ring substituents is 1. The van der Waals surface area contributed by atoms with E-state index < -0.39 is 10.8 Å². The zero-order chi connectivity index (χ0) is 18.4. The van der Waals surface area contributed by atoms with Gasteiger partial charge in [-0.2, -0.15) is 0 Å². The van der Waals surface area contributed by atoms with Crippen molar-refractivity contribution in [3.8, 4) is 11.5 Å². The molecule has 0 aliphatic carbocycles. The second kappa shape index (κ2) is 8.34. The van der Waals surface area contributed by atoms with Gasteiger partial charge in [0.2, 0.25) is 0 Å². The zero-order valence-electron chi connectivity index (χ0n) is 13.7. The molecule has 0 radical (unpaired) electrons. The Balaban J connectivity index is 2.22. The molecule has 25 heavy (non-hydrogen) atoms. The van der Waals surface area contributed by atoms with Crippen LogP contribution in [0.3, 0.4) is 0 Å². The molecular formula is C17H17ClN2O5. The molecule has 2 aromatic rings. The Morgan fingerprint density at radius 3 is 2.40 bits per heavy atom. The van der Waals surface area contributed by atoms with Crippen molar-refractivity contribution in [2.75, 3.05) is 18.5 Å². The average Bonchev–Trinajstić information content (AvgIpc) is 2.57. The first-order valence-corrected chi connectivity index (χ1v) is 7.99. The number of hydrogen-bond acceptors (Lipinski definition) is 5. The van der Waals surface area contributed by atoms with Crippen molar-refractivity contribution in [1.82, 2.24) is 0 Å². The molecule has 1 amide bonds. The molecular weight excluding hydrogens is 348 g/mol. The minimum Gasteiger partial charge on any atom is -0.490 e. The number of carbonyl (C=O) groups excluding carboxylic acids is 1. The third-order valence-corrected chi connectivity index (χ3v) is 3.52. The molecule has 1 N–H and O–H groups in total. The van der Waals surface area contributed by atoms with E-state index in [9.17, 15) is 14.9 Å². The van der Waals surface area contributed by atoms with E-state index in [0.29, 0.717) is 30.4 Å². The van der Waals surface area contributed by atoms with Gasteiger partial charge >= 0.3 is 0 Å². The number of nitro groups is 1. The van der Waals surface area contributed by atoms with Gasteiger partial charge in [-0.05, 0) is 32.0 Å². The number of nitro benzene ring substituents is 1. The van der Waals surface area contributed by atoms with Crippen molar-refractivity contribution in [3.05, 3.63) is 57.1 Å². The van der Waals surface area contributed by atoms with Crippen LogP contribution in [0.15, 0.2) is 36.4 Å². The lowest BCUT2D eigenvalue weighted by Crippen LogP contribution is -2.13. The Labute approximate surface area is 149 Å². The molecule has 0 aliphatic heterocycles. The van der Waals surface area contributed by atoms with E-state index >= 15 is 0 Å². The van der Waals surface area contributed by atoms with E-state index in [1.807, 2.05) is 13.8 Å². The third-order valence-electron chi connectivity index (χ3n) is 3.21. The summed E-state index contributed by atoms with van der Waals surface area (Å²) in [6.45, 7) is 4.65. The van der Waals surface area contributed by atoms with E-state index in [4.69, 9.17) is 21.1 Å². The van der Waals surface area contributed by atoms with Crippen molar-refractivity contribution in [3.63, 3.8) is 0 Å². The normalized spacial score (nSPS) is 10.2. The average molecular weight is 365 g/mol. The Hall–Kier alpha value is -2.80. The smallest absolute Gasteiger partial charge is 0.270 e. The molecule has 2 rings (SSSR count). The van der Waals surface area contributed by atoms with Crippen LogP contribution in [0.25, 0.3) is 0 Å². The van der Waals surface area contributed by atoms with Gasteiger partial charge in [0.05, 0.1) is 28.7 Å². The third kappa shape index (κ3) is 4.60. The number of rotatable bonds is 7. The minimum absolute atomic E-state index is 0.00247. The Bertz CT molecular complexity index is 795. The Morgan fingerprint density at radius 2 is 1.80 bits per heavy atom. The van der Waals surface area contributed by atoms with Gasteiger partial charge in [0.15, 0.2) is 11.5 Å². The molecule has 8 heteroatoms. The molecule has 0 heterocycles. The largest absolute Gasteiger partial charge is 0.490 e. The highest BCUT2D eigenvalue weighted by Gasteiger charge is 2.16. The lowest BCUT2D eigenvalue weighted by Gasteiger charge is -2.13. The fraction of sp³-hybridized carbons (Fsp3) is 0.235. The van der Waals surface area contributed by atoms with Gasteiger partial charge in [0.25, 0.3) is 11.6 Å². The number of halogens is 1. The maximum Gasteiger partial charge on any atom is 0.270 e. The van der Waals surface area contributed by atoms with Crippen LogP contribution in [0.4, 0.5) is 11.4 Å². The molecule has 0 spiro atoms. The molecule has 0 saturated carbocycles. The monoisotopic (exact) mass is 364 g/mol. The standard InChI is InChI=1S/C17H17ClN2O5/c1-3-24-15-8-5-11(9-16(15)25-4-2)19-17(21)13-7-6-12(20(22)23)10-14(13)18/h5-10H,3-4H2,1-2H3,(H,19,21). The number of nitrogens with one attached hydrogen (secondary N) is 1. The van der Waals surface area contributed by atoms with E-state index in [0.717, 1.165) is 6.07 Å². The number of amides is 1. The van der Waals surface area contributed by atoms with Gasteiger partial charge in [-0.1, -0.05) is 11.6 Å². The summed E-state index contributed by atoms with van der Waals surface area (Å²) in [7, 11) is 0. The van der Waals surface area contributed by atoms with Crippen molar-refractivity contribution < 1.29 is 19.2 Å². The summed E-state index contributed by atoms with van der Waals surface area (Å²) in [5, 5.41) is 13.4. The Kier molecular flexibility index (Phi) is 6.19. The summed E-state index contributed by atoms with van der Waals surface area (Å²) in [6.07, 6.45) is 0. The van der Waals surface area contributed by atoms with Crippen molar-refractivity contribution in [2.45, 2.75) is 13.8 Å². The van der Waals surface area contributed by atoms with Crippen LogP contribution in [-0.4, -0.2) is 24.0 Å². The summed E-state index contributed by atoms with van der Waals surface area (Å²) in [5.74, 6) is 0.610. The molecule has 0 atom stereocenters. The molecule has 0 aliphatic rings. The van der Waals surface area contributed by atoms with Crippen molar-refractivity contribution >= 4 is 28.9 Å². The summed E-state index contributed by atoms with van der Waals surface area (Å²) in [6, 6.07) is 8.69. The molecule has 0 aromatic heterocycles. The Morgan fingerprint density at radius 1 is 1.12 bits per heavy atom. The van der Waals surface area contributed by atoms with Crippen molar-refractivity contribution in [1.29, 1.82) is 0 Å². The SMILES string of the molecule is CCOc1ccc(NC(=O)c2ccc([N+](=O)[O-])cc2Cl)cc1OCC. The highest BCUT2D eigenvalue weighted by atomic mass is 35.5. The molecule has 0 unspecified atom stereocenters. The number of carbonyl (C=O) groups is 1. The molecule has 0 bridgehead atoms. The van der Waals surface area contributed by atoms with E-state index in [1.54, 1.807) is 18.2 Å². The van der Waals surface area contributed by atoms with Crippen LogP contribution < -0.4 is 14.8 Å². The molecule has 132 valence electrons. The van der Waals surface area contributed by atoms with Gasteiger partial charge in [0.1, 0.15) is 0 Å². The second-order valence-electron chi connectivity index (χ2n) is 4.90. The van der Waals surface area contributed by atoms with Crippen LogP contribution in [0.5, 0.6) is 11.5 Å². The number of benzene rings is 2. The van der Waals surface area contributed by atoms with Gasteiger partial charge in [-0.3, -0.25) is 14.9 Å². The quantitative estimate of drug-likeness (QED) is 0.584. The number of nitrogens with zero attached hydrogens (tertiary/aromatic N) is 1. The zero-order valence-corrected chi connectivity index (χ0v) is 14.5. The van der Waals surface area contributed by atoms with Crippen LogP contribution in [-0.2, 0) is 0 Å². The predicted octanol–water partition coefficient (Wildman–Crippen LogP) is 4.30. The molecule has 0 fully saturated rings. The highest BCUT2D eigenvalue weighted by Crippen LogP contribution is 2.31. The first-order valence-electron chi connectivity index (χ1n) is 7.61.